The van der Waals surface area contributed by atoms with Gasteiger partial charge in [0.1, 0.15) is 12.4 Å². The van der Waals surface area contributed by atoms with Crippen molar-refractivity contribution >= 4 is 0 Å². The zero-order valence-electron chi connectivity index (χ0n) is 9.83. The van der Waals surface area contributed by atoms with Crippen molar-refractivity contribution in [3.8, 4) is 0 Å². The molecule has 0 bridgehead atoms. The van der Waals surface area contributed by atoms with Gasteiger partial charge in [0.2, 0.25) is 0 Å². The number of hydrogen-bond donors (Lipinski definition) is 0. The van der Waals surface area contributed by atoms with E-state index in [-0.39, 0.29) is 6.61 Å². The Morgan fingerprint density at radius 3 is 2.82 bits per heavy atom. The predicted molar refractivity (Wildman–Crippen MR) is 57.7 cm³/mol. The highest BCUT2D eigenvalue weighted by Crippen LogP contribution is 2.14. The van der Waals surface area contributed by atoms with E-state index in [1.165, 1.54) is 0 Å². The molecule has 1 rings (SSSR count). The zero-order valence-corrected chi connectivity index (χ0v) is 9.83. The Morgan fingerprint density at radius 2 is 2.18 bits per heavy atom. The largest absolute Gasteiger partial charge is 0.411 e. The van der Waals surface area contributed by atoms with Gasteiger partial charge < -0.3 is 9.30 Å². The van der Waals surface area contributed by atoms with Crippen molar-refractivity contribution in [2.24, 2.45) is 0 Å². The molecule has 0 saturated heterocycles. The van der Waals surface area contributed by atoms with E-state index in [2.05, 4.69) is 16.6 Å². The van der Waals surface area contributed by atoms with Gasteiger partial charge in [-0.25, -0.2) is 4.98 Å². The fraction of sp³-hybridized carbons (Fsp3) is 0.727. The third-order valence-corrected chi connectivity index (χ3v) is 2.23. The molecule has 0 aliphatic carbocycles. The van der Waals surface area contributed by atoms with E-state index in [0.717, 1.165) is 18.7 Å². The van der Waals surface area contributed by atoms with Crippen LogP contribution in [0.25, 0.3) is 0 Å². The molecular weight excluding hydrogens is 233 g/mol. The van der Waals surface area contributed by atoms with E-state index >= 15 is 0 Å². The number of ether oxygens (including phenoxy) is 1. The predicted octanol–water partition coefficient (Wildman–Crippen LogP) is 2.80. The summed E-state index contributed by atoms with van der Waals surface area (Å²) in [6.45, 7) is 1.65. The molecule has 0 N–H and O–H groups in total. The van der Waals surface area contributed by atoms with Gasteiger partial charge in [0.25, 0.3) is 0 Å². The van der Waals surface area contributed by atoms with Crippen molar-refractivity contribution in [2.45, 2.75) is 38.9 Å². The van der Waals surface area contributed by atoms with E-state index < -0.39 is 12.8 Å². The number of halogens is 3. The number of imidazole rings is 1. The van der Waals surface area contributed by atoms with Gasteiger partial charge >= 0.3 is 6.18 Å². The van der Waals surface area contributed by atoms with Crippen molar-refractivity contribution in [1.82, 2.24) is 9.55 Å². The first-order valence-electron chi connectivity index (χ1n) is 5.67. The van der Waals surface area contributed by atoms with Crippen molar-refractivity contribution in [3.63, 3.8) is 0 Å². The second kappa shape index (κ2) is 6.64. The van der Waals surface area contributed by atoms with E-state index in [1.54, 1.807) is 6.20 Å². The summed E-state index contributed by atoms with van der Waals surface area (Å²) in [4.78, 5) is 4.19. The fourth-order valence-corrected chi connectivity index (χ4v) is 1.52. The van der Waals surface area contributed by atoms with Gasteiger partial charge in [-0.1, -0.05) is 6.92 Å². The second-order valence-corrected chi connectivity index (χ2v) is 3.81. The zero-order chi connectivity index (χ0) is 12.7. The van der Waals surface area contributed by atoms with E-state index in [4.69, 9.17) is 0 Å². The first-order valence-corrected chi connectivity index (χ1v) is 5.67. The average Bonchev–Trinajstić information content (AvgIpc) is 2.64. The molecular formula is C11H17F3N2O. The summed E-state index contributed by atoms with van der Waals surface area (Å²) in [7, 11) is 0. The van der Waals surface area contributed by atoms with Crippen molar-refractivity contribution in [3.05, 3.63) is 18.2 Å². The number of aryl methyl sites for hydroxylation is 2. The van der Waals surface area contributed by atoms with E-state index in [0.29, 0.717) is 13.0 Å². The molecule has 0 amide bonds. The van der Waals surface area contributed by atoms with Gasteiger partial charge in [-0.15, -0.1) is 0 Å². The lowest BCUT2D eigenvalue weighted by Gasteiger charge is -2.09. The molecule has 0 atom stereocenters. The van der Waals surface area contributed by atoms with Crippen LogP contribution in [0.3, 0.4) is 0 Å². The molecule has 98 valence electrons. The van der Waals surface area contributed by atoms with Crippen LogP contribution in [-0.2, 0) is 17.7 Å². The summed E-state index contributed by atoms with van der Waals surface area (Å²) >= 11 is 0. The molecule has 1 heterocycles. The van der Waals surface area contributed by atoms with Crippen LogP contribution < -0.4 is 0 Å². The number of aromatic nitrogens is 2. The number of hydrogen-bond acceptors (Lipinski definition) is 2. The molecule has 0 aromatic carbocycles. The fourth-order valence-electron chi connectivity index (χ4n) is 1.52. The third kappa shape index (κ3) is 5.72. The van der Waals surface area contributed by atoms with Crippen LogP contribution in [0.5, 0.6) is 0 Å². The first-order chi connectivity index (χ1) is 8.03. The van der Waals surface area contributed by atoms with E-state index in [1.807, 2.05) is 10.8 Å². The lowest BCUT2D eigenvalue weighted by Crippen LogP contribution is -2.18. The minimum Gasteiger partial charge on any atom is -0.372 e. The number of alkyl halides is 3. The normalized spacial score (nSPS) is 12.0. The van der Waals surface area contributed by atoms with Crippen LogP contribution in [0.2, 0.25) is 0 Å². The molecule has 0 fully saturated rings. The molecule has 0 aliphatic rings. The number of nitrogens with zero attached hydrogens (tertiary/aromatic N) is 2. The van der Waals surface area contributed by atoms with Crippen LogP contribution in [0, 0.1) is 0 Å². The summed E-state index contributed by atoms with van der Waals surface area (Å²) < 4.78 is 41.8. The maximum Gasteiger partial charge on any atom is 0.411 e. The van der Waals surface area contributed by atoms with Gasteiger partial charge in [-0.3, -0.25) is 0 Å². The summed E-state index contributed by atoms with van der Waals surface area (Å²) in [5, 5.41) is 0. The smallest absolute Gasteiger partial charge is 0.372 e. The van der Waals surface area contributed by atoms with E-state index in [9.17, 15) is 13.2 Å². The summed E-state index contributed by atoms with van der Waals surface area (Å²) in [6, 6.07) is 0. The molecule has 0 aliphatic heterocycles. The number of rotatable bonds is 7. The molecule has 0 radical (unpaired) electrons. The molecule has 1 aromatic heterocycles. The molecule has 17 heavy (non-hydrogen) atoms. The molecule has 0 unspecified atom stereocenters. The van der Waals surface area contributed by atoms with Crippen molar-refractivity contribution in [1.29, 1.82) is 0 Å². The monoisotopic (exact) mass is 250 g/mol. The van der Waals surface area contributed by atoms with Crippen LogP contribution in [0.1, 0.15) is 25.6 Å². The molecule has 0 spiro atoms. The Labute approximate surface area is 98.6 Å². The third-order valence-electron chi connectivity index (χ3n) is 2.23. The Balaban J connectivity index is 2.20. The van der Waals surface area contributed by atoms with Crippen LogP contribution >= 0.6 is 0 Å². The Kier molecular flexibility index (Phi) is 5.47. The van der Waals surface area contributed by atoms with Gasteiger partial charge in [-0.2, -0.15) is 13.2 Å². The minimum absolute atomic E-state index is 0.114. The highest BCUT2D eigenvalue weighted by atomic mass is 19.4. The quantitative estimate of drug-likeness (QED) is 0.696. The first kappa shape index (κ1) is 14.0. The Morgan fingerprint density at radius 1 is 1.41 bits per heavy atom. The summed E-state index contributed by atoms with van der Waals surface area (Å²) in [6.07, 6.45) is 1.76. The molecule has 3 nitrogen and oxygen atoms in total. The average molecular weight is 250 g/mol. The molecule has 1 aromatic rings. The lowest BCUT2D eigenvalue weighted by atomic mass is 10.3. The van der Waals surface area contributed by atoms with Gasteiger partial charge in [0, 0.05) is 32.0 Å². The second-order valence-electron chi connectivity index (χ2n) is 3.81. The highest BCUT2D eigenvalue weighted by molar-refractivity contribution is 4.92. The van der Waals surface area contributed by atoms with Crippen LogP contribution in [0.15, 0.2) is 12.4 Å². The van der Waals surface area contributed by atoms with Crippen LogP contribution in [0.4, 0.5) is 13.2 Å². The van der Waals surface area contributed by atoms with Crippen molar-refractivity contribution in [2.75, 3.05) is 13.2 Å². The Bertz CT molecular complexity index is 323. The summed E-state index contributed by atoms with van der Waals surface area (Å²) in [5.74, 6) is 0.975. The standard InChI is InChI=1S/C11H17F3N2O/c1-2-4-10-15-5-7-16(10)6-3-8-17-9-11(12,13)14/h5,7H,2-4,6,8-9H2,1H3. The van der Waals surface area contributed by atoms with Gasteiger partial charge in [0.05, 0.1) is 0 Å². The summed E-state index contributed by atoms with van der Waals surface area (Å²) in [5.41, 5.74) is 0. The molecule has 6 heteroatoms. The SMILES string of the molecule is CCCc1nccn1CCCOCC(F)(F)F. The van der Waals surface area contributed by atoms with Gasteiger partial charge in [0.15, 0.2) is 0 Å². The molecule has 0 saturated carbocycles. The van der Waals surface area contributed by atoms with Crippen molar-refractivity contribution < 1.29 is 17.9 Å². The minimum atomic E-state index is -4.23. The van der Waals surface area contributed by atoms with Gasteiger partial charge in [-0.05, 0) is 12.8 Å². The maximum atomic E-state index is 11.8. The maximum absolute atomic E-state index is 11.8. The Hall–Kier alpha value is -1.04. The van der Waals surface area contributed by atoms with Crippen LogP contribution in [-0.4, -0.2) is 28.9 Å². The highest BCUT2D eigenvalue weighted by Gasteiger charge is 2.27. The lowest BCUT2D eigenvalue weighted by molar-refractivity contribution is -0.174. The topological polar surface area (TPSA) is 27.1 Å².